The summed E-state index contributed by atoms with van der Waals surface area (Å²) >= 11 is 0. The smallest absolute Gasteiger partial charge is 0.415 e. The molecular weight excluding hydrogens is 604 g/mol. The first-order valence-electron chi connectivity index (χ1n) is 17.6. The van der Waals surface area contributed by atoms with E-state index in [1.54, 1.807) is 18.1 Å². The molecule has 12 heteroatoms. The predicted molar refractivity (Wildman–Crippen MR) is 174 cm³/mol. The fourth-order valence-electron chi connectivity index (χ4n) is 8.39. The van der Waals surface area contributed by atoms with E-state index in [-0.39, 0.29) is 29.9 Å². The summed E-state index contributed by atoms with van der Waals surface area (Å²) in [6, 6.07) is 3.71. The van der Waals surface area contributed by atoms with Gasteiger partial charge in [0.1, 0.15) is 0 Å². The Balaban J connectivity index is 1.09. The summed E-state index contributed by atoms with van der Waals surface area (Å²) in [5.41, 5.74) is 5.81. The van der Waals surface area contributed by atoms with Crippen molar-refractivity contribution < 1.29 is 38.4 Å². The van der Waals surface area contributed by atoms with Crippen molar-refractivity contribution in [1.29, 1.82) is 0 Å². The normalized spacial score (nSPS) is 27.3. The number of nitrogens with zero attached hydrogens (tertiary/aromatic N) is 2. The van der Waals surface area contributed by atoms with Crippen molar-refractivity contribution in [3.8, 4) is 11.5 Å². The number of benzene rings is 1. The number of hydrogen-bond acceptors (Lipinski definition) is 10. The third kappa shape index (κ3) is 6.76. The number of aliphatic hydroxyl groups is 1. The van der Waals surface area contributed by atoms with Crippen LogP contribution in [-0.4, -0.2) is 117 Å². The summed E-state index contributed by atoms with van der Waals surface area (Å²) in [6.45, 7) is 5.18. The Hall–Kier alpha value is -2.77. The number of Topliss-reactive ketones (excluding diaryl/α,β-unsaturated/α-hetero) is 1. The Morgan fingerprint density at radius 2 is 1.96 bits per heavy atom. The summed E-state index contributed by atoms with van der Waals surface area (Å²) in [4.78, 5) is 43.3. The second kappa shape index (κ2) is 14.8. The average Bonchev–Trinajstić information content (AvgIpc) is 3.80. The number of carbonyl (C=O) groups excluding carboxylic acids is 3. The third-order valence-corrected chi connectivity index (χ3v) is 10.9. The maximum Gasteiger partial charge on any atom is 0.415 e. The SMILES string of the molecule is COCCOCCCCC(=O)NCCCN(CCCN)C(=O)Oc1ccc2c3c1O[C@H]1C(=O)CC[C@@]4(O)[C@@H](C2)N(CC2CC2)CC[C@]314. The second-order valence-electron chi connectivity index (χ2n) is 14.0. The zero-order valence-corrected chi connectivity index (χ0v) is 27.8. The van der Waals surface area contributed by atoms with Crippen molar-refractivity contribution in [2.75, 3.05) is 66.2 Å². The summed E-state index contributed by atoms with van der Waals surface area (Å²) in [6.07, 6.45) is 6.34. The molecule has 47 heavy (non-hydrogen) atoms. The van der Waals surface area contributed by atoms with Crippen LogP contribution in [0.15, 0.2) is 12.1 Å². The number of amides is 2. The van der Waals surface area contributed by atoms with Crippen LogP contribution in [0.3, 0.4) is 0 Å². The van der Waals surface area contributed by atoms with Gasteiger partial charge in [0.05, 0.1) is 24.2 Å². The highest BCUT2D eigenvalue weighted by molar-refractivity contribution is 5.90. The molecule has 3 aliphatic carbocycles. The lowest BCUT2D eigenvalue weighted by molar-refractivity contribution is -0.188. The first kappa shape index (κ1) is 34.1. The molecule has 0 unspecified atom stereocenters. The van der Waals surface area contributed by atoms with Gasteiger partial charge in [0.2, 0.25) is 5.91 Å². The molecule has 4 atom stereocenters. The zero-order chi connectivity index (χ0) is 33.0. The van der Waals surface area contributed by atoms with Gasteiger partial charge >= 0.3 is 6.09 Å². The molecule has 260 valence electrons. The van der Waals surface area contributed by atoms with Crippen molar-refractivity contribution in [1.82, 2.24) is 15.1 Å². The van der Waals surface area contributed by atoms with Crippen LogP contribution in [-0.2, 0) is 30.9 Å². The van der Waals surface area contributed by atoms with E-state index >= 15 is 0 Å². The Kier molecular flexibility index (Phi) is 10.7. The largest absolute Gasteiger partial charge is 0.477 e. The van der Waals surface area contributed by atoms with Gasteiger partial charge in [0.15, 0.2) is 23.4 Å². The number of hydrogen-bond donors (Lipinski definition) is 3. The fourth-order valence-corrected chi connectivity index (χ4v) is 8.39. The molecule has 1 spiro atoms. The van der Waals surface area contributed by atoms with Gasteiger partial charge in [-0.15, -0.1) is 0 Å². The Morgan fingerprint density at radius 3 is 2.74 bits per heavy atom. The van der Waals surface area contributed by atoms with E-state index in [0.29, 0.717) is 96.2 Å². The number of ether oxygens (including phenoxy) is 4. The minimum absolute atomic E-state index is 0.00687. The van der Waals surface area contributed by atoms with Gasteiger partial charge in [-0.2, -0.15) is 0 Å². The summed E-state index contributed by atoms with van der Waals surface area (Å²) in [5.74, 6) is 1.39. The summed E-state index contributed by atoms with van der Waals surface area (Å²) in [7, 11) is 1.63. The number of unbranched alkanes of at least 4 members (excludes halogenated alkanes) is 1. The van der Waals surface area contributed by atoms with Crippen LogP contribution >= 0.6 is 0 Å². The lowest BCUT2D eigenvalue weighted by Crippen LogP contribution is -2.76. The van der Waals surface area contributed by atoms with Crippen molar-refractivity contribution in [2.45, 2.75) is 93.8 Å². The molecule has 1 aromatic carbocycles. The predicted octanol–water partition coefficient (Wildman–Crippen LogP) is 2.31. The number of nitrogens with one attached hydrogen (secondary N) is 1. The molecule has 0 radical (unpaired) electrons. The molecule has 3 fully saturated rings. The number of carbonyl (C=O) groups is 3. The Bertz CT molecular complexity index is 1310. The molecule has 2 saturated carbocycles. The van der Waals surface area contributed by atoms with Crippen LogP contribution in [0.4, 0.5) is 4.79 Å². The number of methoxy groups -OCH3 is 1. The highest BCUT2D eigenvalue weighted by Crippen LogP contribution is 2.65. The van der Waals surface area contributed by atoms with Gasteiger partial charge in [-0.25, -0.2) is 4.79 Å². The number of likely N-dealkylation sites (tertiary alicyclic amines) is 1. The third-order valence-electron chi connectivity index (χ3n) is 10.9. The van der Waals surface area contributed by atoms with Crippen LogP contribution in [0.1, 0.15) is 75.3 Å². The number of ketones is 1. The first-order chi connectivity index (χ1) is 22.8. The van der Waals surface area contributed by atoms with Crippen LogP contribution in [0.25, 0.3) is 0 Å². The maximum atomic E-state index is 13.6. The zero-order valence-electron chi connectivity index (χ0n) is 27.8. The Morgan fingerprint density at radius 1 is 1.13 bits per heavy atom. The summed E-state index contributed by atoms with van der Waals surface area (Å²) < 4.78 is 22.9. The van der Waals surface area contributed by atoms with Gasteiger partial charge in [-0.1, -0.05) is 6.07 Å². The Labute approximate surface area is 277 Å². The van der Waals surface area contributed by atoms with Crippen molar-refractivity contribution in [3.63, 3.8) is 0 Å². The highest BCUT2D eigenvalue weighted by Gasteiger charge is 2.73. The molecule has 0 aromatic heterocycles. The number of piperidine rings is 1. The van der Waals surface area contributed by atoms with E-state index in [2.05, 4.69) is 10.2 Å². The molecule has 2 bridgehead atoms. The molecule has 12 nitrogen and oxygen atoms in total. The van der Waals surface area contributed by atoms with Gasteiger partial charge in [-0.05, 0) is 88.4 Å². The quantitative estimate of drug-likeness (QED) is 0.201. The van der Waals surface area contributed by atoms with E-state index in [4.69, 9.17) is 24.7 Å². The standard InChI is InChI=1S/C35H52N4O8/c1-44-20-21-45-19-3-2-6-29(41)37-15-5-17-38(16-4-14-36)33(42)46-27-10-9-25-22-28-35(43)12-11-26(40)32-34(35,30(25)31(27)47-32)13-18-39(28)23-24-7-8-24/h9-10,24,28,32,43H,2-8,11-23,36H2,1H3,(H,37,41)/t28-,32+,34+,35-/m1/s1. The van der Waals surface area contributed by atoms with Gasteiger partial charge < -0.3 is 40.0 Å². The van der Waals surface area contributed by atoms with Crippen molar-refractivity contribution >= 4 is 17.8 Å². The first-order valence-corrected chi connectivity index (χ1v) is 17.6. The fraction of sp³-hybridized carbons (Fsp3) is 0.743. The summed E-state index contributed by atoms with van der Waals surface area (Å²) in [5, 5.41) is 15.4. The minimum atomic E-state index is -1.07. The molecule has 6 rings (SSSR count). The highest BCUT2D eigenvalue weighted by atomic mass is 16.6. The molecule has 1 aromatic rings. The van der Waals surface area contributed by atoms with Gasteiger partial charge in [-0.3, -0.25) is 14.5 Å². The molecule has 5 aliphatic rings. The lowest BCUT2D eigenvalue weighted by atomic mass is 9.49. The second-order valence-corrected chi connectivity index (χ2v) is 14.0. The van der Waals surface area contributed by atoms with Crippen molar-refractivity contribution in [2.24, 2.45) is 11.7 Å². The van der Waals surface area contributed by atoms with Crippen molar-refractivity contribution in [3.05, 3.63) is 23.3 Å². The molecule has 2 amide bonds. The molecule has 1 saturated heterocycles. The number of rotatable bonds is 18. The molecule has 2 aliphatic heterocycles. The van der Waals surface area contributed by atoms with E-state index in [1.807, 2.05) is 6.07 Å². The van der Waals surface area contributed by atoms with E-state index < -0.39 is 23.2 Å². The molecular formula is C35H52N4O8. The van der Waals surface area contributed by atoms with E-state index in [1.165, 1.54) is 12.8 Å². The minimum Gasteiger partial charge on any atom is -0.477 e. The van der Waals surface area contributed by atoms with E-state index in [9.17, 15) is 19.5 Å². The van der Waals surface area contributed by atoms with E-state index in [0.717, 1.165) is 37.1 Å². The van der Waals surface area contributed by atoms with Crippen LogP contribution in [0.5, 0.6) is 11.5 Å². The average molecular weight is 657 g/mol. The van der Waals surface area contributed by atoms with Gasteiger partial charge in [0.25, 0.3) is 0 Å². The monoisotopic (exact) mass is 656 g/mol. The molecule has 2 heterocycles. The van der Waals surface area contributed by atoms with Crippen LogP contribution in [0, 0.1) is 5.92 Å². The van der Waals surface area contributed by atoms with Gasteiger partial charge in [0, 0.05) is 64.3 Å². The van der Waals surface area contributed by atoms with Crippen LogP contribution < -0.4 is 20.5 Å². The molecule has 4 N–H and O–H groups in total. The number of nitrogens with two attached hydrogens (primary N) is 1. The maximum absolute atomic E-state index is 13.6. The lowest BCUT2D eigenvalue weighted by Gasteiger charge is -2.62. The topological polar surface area (TPSA) is 153 Å². The van der Waals surface area contributed by atoms with Crippen LogP contribution in [0.2, 0.25) is 0 Å².